The van der Waals surface area contributed by atoms with E-state index in [0.29, 0.717) is 0 Å². The molecule has 0 radical (unpaired) electrons. The van der Waals surface area contributed by atoms with Crippen LogP contribution in [0.1, 0.15) is 12.8 Å². The molecule has 2 nitrogen and oxygen atoms in total. The third-order valence-corrected chi connectivity index (χ3v) is 0.883. The van der Waals surface area contributed by atoms with E-state index in [2.05, 4.69) is 33.8 Å². The lowest BCUT2D eigenvalue weighted by Gasteiger charge is -1.88. The van der Waals surface area contributed by atoms with E-state index in [-0.39, 0.29) is 0 Å². The average Bonchev–Trinajstić information content (AvgIpc) is 2.10. The zero-order valence-electron chi connectivity index (χ0n) is 8.54. The topological polar surface area (TPSA) is 18.5 Å². The summed E-state index contributed by atoms with van der Waals surface area (Å²) in [6.45, 7) is 0. The minimum atomic E-state index is 1.23. The third-order valence-electron chi connectivity index (χ3n) is 0.883. The maximum absolute atomic E-state index is 4.25. The highest BCUT2D eigenvalue weighted by molar-refractivity contribution is 5.07. The van der Waals surface area contributed by atoms with Gasteiger partial charge in [0.1, 0.15) is 0 Å². The van der Waals surface area contributed by atoms with Crippen LogP contribution >= 0.6 is 0 Å². The molecule has 0 fully saturated rings. The van der Waals surface area contributed by atoms with Crippen molar-refractivity contribution < 1.29 is 9.47 Å². The lowest BCUT2D eigenvalue weighted by atomic mass is 10.2. The Morgan fingerprint density at radius 3 is 1.08 bits per heavy atom. The molecular formula is C10H20O2. The molecule has 12 heavy (non-hydrogen) atoms. The summed E-state index contributed by atoms with van der Waals surface area (Å²) in [5.41, 5.74) is 0. The summed E-state index contributed by atoms with van der Waals surface area (Å²) in [5, 5.41) is 0. The summed E-state index contributed by atoms with van der Waals surface area (Å²) in [6.07, 6.45) is 11.0. The number of ether oxygens (including phenoxy) is 2. The fourth-order valence-corrected chi connectivity index (χ4v) is 0.542. The first kappa shape index (κ1) is 14.0. The Hall–Kier alpha value is -0.600. The molecule has 0 aliphatic heterocycles. The average molecular weight is 172 g/mol. The second kappa shape index (κ2) is 16.8. The SMILES string of the molecule is C1=CCCC=C1.COC.COC. The lowest BCUT2D eigenvalue weighted by molar-refractivity contribution is 0.277. The van der Waals surface area contributed by atoms with Gasteiger partial charge in [0, 0.05) is 28.4 Å². The largest absolute Gasteiger partial charge is 0.388 e. The van der Waals surface area contributed by atoms with Crippen molar-refractivity contribution in [2.45, 2.75) is 12.8 Å². The van der Waals surface area contributed by atoms with E-state index in [1.165, 1.54) is 12.8 Å². The molecule has 0 N–H and O–H groups in total. The molecule has 0 saturated heterocycles. The van der Waals surface area contributed by atoms with Gasteiger partial charge in [-0.25, -0.2) is 0 Å². The van der Waals surface area contributed by atoms with Gasteiger partial charge >= 0.3 is 0 Å². The summed E-state index contributed by atoms with van der Waals surface area (Å²) in [4.78, 5) is 0. The standard InChI is InChI=1S/C6H8.2C2H6O/c1-2-4-6-5-3-1;2*1-3-2/h1-4H,5-6H2;2*1-2H3. The van der Waals surface area contributed by atoms with Crippen molar-refractivity contribution in [3.63, 3.8) is 0 Å². The summed E-state index contributed by atoms with van der Waals surface area (Å²) in [7, 11) is 6.50. The minimum Gasteiger partial charge on any atom is -0.388 e. The molecule has 0 aromatic rings. The molecule has 0 saturated carbocycles. The zero-order chi connectivity index (χ0) is 9.66. The summed E-state index contributed by atoms with van der Waals surface area (Å²) >= 11 is 0. The van der Waals surface area contributed by atoms with Crippen molar-refractivity contribution >= 4 is 0 Å². The quantitative estimate of drug-likeness (QED) is 0.558. The number of rotatable bonds is 0. The zero-order valence-corrected chi connectivity index (χ0v) is 8.54. The van der Waals surface area contributed by atoms with Gasteiger partial charge in [-0.1, -0.05) is 24.3 Å². The first-order chi connectivity index (χ1) is 5.83. The number of allylic oxidation sites excluding steroid dienone is 4. The second-order valence-electron chi connectivity index (χ2n) is 2.25. The molecule has 1 rings (SSSR count). The molecule has 0 aromatic heterocycles. The number of methoxy groups -OCH3 is 2. The molecule has 2 heteroatoms. The Morgan fingerprint density at radius 1 is 0.750 bits per heavy atom. The fourth-order valence-electron chi connectivity index (χ4n) is 0.542. The van der Waals surface area contributed by atoms with Gasteiger partial charge in [0.25, 0.3) is 0 Å². The molecule has 0 unspecified atom stereocenters. The van der Waals surface area contributed by atoms with Crippen LogP contribution in [-0.4, -0.2) is 28.4 Å². The van der Waals surface area contributed by atoms with E-state index < -0.39 is 0 Å². The van der Waals surface area contributed by atoms with Crippen molar-refractivity contribution in [1.82, 2.24) is 0 Å². The van der Waals surface area contributed by atoms with Gasteiger partial charge in [0.15, 0.2) is 0 Å². The highest BCUT2D eigenvalue weighted by Gasteiger charge is 1.77. The van der Waals surface area contributed by atoms with Gasteiger partial charge in [0.05, 0.1) is 0 Å². The van der Waals surface area contributed by atoms with Crippen molar-refractivity contribution in [1.29, 1.82) is 0 Å². The number of hydrogen-bond acceptors (Lipinski definition) is 2. The Kier molecular flexibility index (Phi) is 19.5. The predicted molar refractivity (Wildman–Crippen MR) is 53.4 cm³/mol. The molecular weight excluding hydrogens is 152 g/mol. The monoisotopic (exact) mass is 172 g/mol. The number of hydrogen-bond donors (Lipinski definition) is 0. The van der Waals surface area contributed by atoms with Crippen molar-refractivity contribution in [2.24, 2.45) is 0 Å². The van der Waals surface area contributed by atoms with Crippen LogP contribution in [0, 0.1) is 0 Å². The van der Waals surface area contributed by atoms with E-state index >= 15 is 0 Å². The highest BCUT2D eigenvalue weighted by Crippen LogP contribution is 1.98. The molecule has 72 valence electrons. The lowest BCUT2D eigenvalue weighted by Crippen LogP contribution is -1.67. The molecule has 1 aliphatic carbocycles. The maximum Gasteiger partial charge on any atom is 0.0351 e. The van der Waals surface area contributed by atoms with Crippen LogP contribution in [-0.2, 0) is 9.47 Å². The van der Waals surface area contributed by atoms with Gasteiger partial charge in [0.2, 0.25) is 0 Å². The molecule has 0 bridgehead atoms. The molecule has 0 heterocycles. The van der Waals surface area contributed by atoms with Gasteiger partial charge in [-0.3, -0.25) is 0 Å². The summed E-state index contributed by atoms with van der Waals surface area (Å²) in [6, 6.07) is 0. The Balaban J connectivity index is 0. The minimum absolute atomic E-state index is 1.23. The van der Waals surface area contributed by atoms with E-state index in [9.17, 15) is 0 Å². The van der Waals surface area contributed by atoms with E-state index in [4.69, 9.17) is 0 Å². The highest BCUT2D eigenvalue weighted by atomic mass is 16.5. The Morgan fingerprint density at radius 2 is 1.00 bits per heavy atom. The van der Waals surface area contributed by atoms with Crippen molar-refractivity contribution in [2.75, 3.05) is 28.4 Å². The molecule has 1 aliphatic rings. The van der Waals surface area contributed by atoms with E-state index in [1.54, 1.807) is 28.4 Å². The van der Waals surface area contributed by atoms with Gasteiger partial charge in [-0.05, 0) is 12.8 Å². The fraction of sp³-hybridized carbons (Fsp3) is 0.600. The van der Waals surface area contributed by atoms with E-state index in [1.807, 2.05) is 0 Å². The van der Waals surface area contributed by atoms with Crippen LogP contribution < -0.4 is 0 Å². The first-order valence-electron chi connectivity index (χ1n) is 3.95. The second-order valence-corrected chi connectivity index (χ2v) is 2.25. The maximum atomic E-state index is 4.25. The van der Waals surface area contributed by atoms with Crippen molar-refractivity contribution in [3.05, 3.63) is 24.3 Å². The van der Waals surface area contributed by atoms with Crippen LogP contribution in [0.15, 0.2) is 24.3 Å². The molecule has 0 aromatic carbocycles. The van der Waals surface area contributed by atoms with Crippen LogP contribution in [0.25, 0.3) is 0 Å². The van der Waals surface area contributed by atoms with Crippen LogP contribution in [0.3, 0.4) is 0 Å². The summed E-state index contributed by atoms with van der Waals surface area (Å²) in [5.74, 6) is 0. The Bertz CT molecular complexity index is 92.4. The molecule has 0 spiro atoms. The van der Waals surface area contributed by atoms with Gasteiger partial charge in [-0.15, -0.1) is 0 Å². The first-order valence-corrected chi connectivity index (χ1v) is 3.95. The van der Waals surface area contributed by atoms with Crippen LogP contribution in [0.5, 0.6) is 0 Å². The van der Waals surface area contributed by atoms with Crippen molar-refractivity contribution in [3.8, 4) is 0 Å². The van der Waals surface area contributed by atoms with E-state index in [0.717, 1.165) is 0 Å². The van der Waals surface area contributed by atoms with Gasteiger partial charge < -0.3 is 9.47 Å². The summed E-state index contributed by atoms with van der Waals surface area (Å²) < 4.78 is 8.50. The molecule has 0 amide bonds. The normalized spacial score (nSPS) is 12.3. The Labute approximate surface area is 75.9 Å². The smallest absolute Gasteiger partial charge is 0.0351 e. The van der Waals surface area contributed by atoms with Crippen LogP contribution in [0.4, 0.5) is 0 Å². The van der Waals surface area contributed by atoms with Gasteiger partial charge in [-0.2, -0.15) is 0 Å². The third kappa shape index (κ3) is 22.7. The predicted octanol–water partition coefficient (Wildman–Crippen LogP) is 2.42. The molecule has 0 atom stereocenters. The van der Waals surface area contributed by atoms with Crippen LogP contribution in [0.2, 0.25) is 0 Å².